The van der Waals surface area contributed by atoms with Gasteiger partial charge in [-0.05, 0) is 38.4 Å². The monoisotopic (exact) mass is 295 g/mol. The maximum absolute atomic E-state index is 12.7. The number of amides is 1. The highest BCUT2D eigenvalue weighted by Crippen LogP contribution is 2.26. The van der Waals surface area contributed by atoms with Gasteiger partial charge in [-0.15, -0.1) is 0 Å². The smallest absolute Gasteiger partial charge is 0.245 e. The lowest BCUT2D eigenvalue weighted by atomic mass is 9.92. The molecule has 0 aromatic carbocycles. The molecule has 1 aromatic heterocycles. The van der Waals surface area contributed by atoms with Crippen molar-refractivity contribution in [2.75, 3.05) is 13.1 Å². The third-order valence-corrected chi connectivity index (χ3v) is 4.31. The Bertz CT molecular complexity index is 532. The summed E-state index contributed by atoms with van der Waals surface area (Å²) in [5, 5.41) is 0. The van der Waals surface area contributed by atoms with Crippen LogP contribution < -0.4 is 0 Å². The lowest BCUT2D eigenvalue weighted by Gasteiger charge is -2.31. The van der Waals surface area contributed by atoms with Gasteiger partial charge in [0.25, 0.3) is 0 Å². The molecule has 1 unspecified atom stereocenters. The van der Waals surface area contributed by atoms with E-state index in [2.05, 4.69) is 25.8 Å². The molecule has 5 heteroatoms. The molecule has 1 fully saturated rings. The molecule has 4 nitrogen and oxygen atoms in total. The molecule has 1 aliphatic rings. The zero-order valence-electron chi connectivity index (χ0n) is 12.9. The summed E-state index contributed by atoms with van der Waals surface area (Å²) in [6.45, 7) is 10.1. The van der Waals surface area contributed by atoms with Crippen LogP contribution in [0.2, 0.25) is 0 Å². The van der Waals surface area contributed by atoms with E-state index in [1.165, 1.54) is 6.42 Å². The topological polar surface area (TPSA) is 41.0 Å². The molecule has 0 saturated carbocycles. The highest BCUT2D eigenvalue weighted by Gasteiger charge is 2.28. The van der Waals surface area contributed by atoms with Crippen molar-refractivity contribution in [1.29, 1.82) is 0 Å². The van der Waals surface area contributed by atoms with E-state index in [-0.39, 0.29) is 17.4 Å². The Morgan fingerprint density at radius 3 is 2.45 bits per heavy atom. The fourth-order valence-electron chi connectivity index (χ4n) is 2.83. The van der Waals surface area contributed by atoms with Crippen molar-refractivity contribution in [2.45, 2.75) is 58.4 Å². The molecule has 20 heavy (non-hydrogen) atoms. The first-order valence-corrected chi connectivity index (χ1v) is 7.82. The molecule has 0 radical (unpaired) electrons. The van der Waals surface area contributed by atoms with Crippen LogP contribution in [-0.4, -0.2) is 33.4 Å². The predicted molar refractivity (Wildman–Crippen MR) is 83.5 cm³/mol. The number of likely N-dealkylation sites (tertiary alicyclic amines) is 1. The third kappa shape index (κ3) is 2.97. The maximum Gasteiger partial charge on any atom is 0.245 e. The van der Waals surface area contributed by atoms with E-state index in [0.717, 1.165) is 31.6 Å². The van der Waals surface area contributed by atoms with E-state index in [1.807, 2.05) is 22.6 Å². The molecule has 112 valence electrons. The van der Waals surface area contributed by atoms with Gasteiger partial charge in [0.05, 0.1) is 0 Å². The number of hydrogen-bond acceptors (Lipinski definition) is 2. The molecule has 1 amide bonds. The number of aromatic nitrogens is 2. The van der Waals surface area contributed by atoms with Crippen LogP contribution in [0, 0.1) is 4.77 Å². The SMILES string of the molecule is CC(C(=O)N1CCCCC1)n1c(C(C)(C)C)c[nH]c1=S. The van der Waals surface area contributed by atoms with E-state index < -0.39 is 0 Å². The van der Waals surface area contributed by atoms with Crippen molar-refractivity contribution >= 4 is 18.1 Å². The molecule has 0 bridgehead atoms. The Morgan fingerprint density at radius 2 is 1.90 bits per heavy atom. The second-order valence-electron chi connectivity index (χ2n) is 6.66. The Kier molecular flexibility index (Phi) is 4.37. The second kappa shape index (κ2) is 5.72. The average Bonchev–Trinajstić information content (AvgIpc) is 2.80. The largest absolute Gasteiger partial charge is 0.341 e. The Labute approximate surface area is 126 Å². The fraction of sp³-hybridized carbons (Fsp3) is 0.733. The van der Waals surface area contributed by atoms with E-state index in [0.29, 0.717) is 4.77 Å². The highest BCUT2D eigenvalue weighted by atomic mass is 32.1. The summed E-state index contributed by atoms with van der Waals surface area (Å²) in [5.41, 5.74) is 1.05. The van der Waals surface area contributed by atoms with Crippen molar-refractivity contribution in [2.24, 2.45) is 0 Å². The lowest BCUT2D eigenvalue weighted by Crippen LogP contribution is -2.40. The van der Waals surface area contributed by atoms with Gasteiger partial charge in [-0.2, -0.15) is 0 Å². The Hall–Kier alpha value is -1.10. The number of nitrogens with zero attached hydrogens (tertiary/aromatic N) is 2. The maximum atomic E-state index is 12.7. The molecular weight excluding hydrogens is 270 g/mol. The zero-order valence-corrected chi connectivity index (χ0v) is 13.7. The zero-order chi connectivity index (χ0) is 14.9. The van der Waals surface area contributed by atoms with Crippen molar-refractivity contribution in [1.82, 2.24) is 14.5 Å². The summed E-state index contributed by atoms with van der Waals surface area (Å²) >= 11 is 5.38. The molecule has 1 atom stereocenters. The van der Waals surface area contributed by atoms with Gasteiger partial charge in [0.2, 0.25) is 5.91 Å². The van der Waals surface area contributed by atoms with Gasteiger partial charge in [0.15, 0.2) is 4.77 Å². The van der Waals surface area contributed by atoms with Crippen molar-refractivity contribution in [3.8, 4) is 0 Å². The molecule has 0 aliphatic carbocycles. The molecule has 2 heterocycles. The van der Waals surface area contributed by atoms with Gasteiger partial charge >= 0.3 is 0 Å². The predicted octanol–water partition coefficient (Wildman–Crippen LogP) is 3.42. The minimum Gasteiger partial charge on any atom is -0.341 e. The summed E-state index contributed by atoms with van der Waals surface area (Å²) in [6.07, 6.45) is 5.39. The summed E-state index contributed by atoms with van der Waals surface area (Å²) < 4.78 is 2.61. The van der Waals surface area contributed by atoms with Crippen molar-refractivity contribution < 1.29 is 4.79 Å². The quantitative estimate of drug-likeness (QED) is 0.849. The second-order valence-corrected chi connectivity index (χ2v) is 7.05. The van der Waals surface area contributed by atoms with Crippen LogP contribution in [0.3, 0.4) is 0 Å². The molecule has 1 aromatic rings. The van der Waals surface area contributed by atoms with Gasteiger partial charge in [-0.1, -0.05) is 20.8 Å². The summed E-state index contributed by atoms with van der Waals surface area (Å²) in [5.74, 6) is 0.186. The number of hydrogen-bond donors (Lipinski definition) is 1. The van der Waals surface area contributed by atoms with Crippen LogP contribution >= 0.6 is 12.2 Å². The first-order chi connectivity index (χ1) is 9.32. The molecule has 2 rings (SSSR count). The Morgan fingerprint density at radius 1 is 1.30 bits per heavy atom. The summed E-state index contributed by atoms with van der Waals surface area (Å²) in [6, 6.07) is -0.235. The van der Waals surface area contributed by atoms with Gasteiger partial charge in [0.1, 0.15) is 6.04 Å². The first kappa shape index (κ1) is 15.3. The molecular formula is C15H25N3OS. The van der Waals surface area contributed by atoms with Crippen LogP contribution in [0.1, 0.15) is 58.7 Å². The number of carbonyl (C=O) groups excluding carboxylic acids is 1. The van der Waals surface area contributed by atoms with E-state index in [1.54, 1.807) is 0 Å². The van der Waals surface area contributed by atoms with Crippen LogP contribution in [0.4, 0.5) is 0 Å². The van der Waals surface area contributed by atoms with Crippen molar-refractivity contribution in [3.05, 3.63) is 16.7 Å². The number of imidazole rings is 1. The van der Waals surface area contributed by atoms with Gasteiger partial charge in [0, 0.05) is 30.4 Å². The van der Waals surface area contributed by atoms with Crippen LogP contribution in [0.5, 0.6) is 0 Å². The Balaban J connectivity index is 2.29. The average molecular weight is 295 g/mol. The number of carbonyl (C=O) groups is 1. The van der Waals surface area contributed by atoms with Gasteiger partial charge in [-0.25, -0.2) is 0 Å². The number of aromatic amines is 1. The standard InChI is InChI=1S/C15H25N3OS/c1-11(13(19)17-8-6-5-7-9-17)18-12(15(2,3)4)10-16-14(18)20/h10-11H,5-9H2,1-4H3,(H,16,20). The van der Waals surface area contributed by atoms with Crippen LogP contribution in [-0.2, 0) is 10.2 Å². The molecule has 1 saturated heterocycles. The number of piperidine rings is 1. The highest BCUT2D eigenvalue weighted by molar-refractivity contribution is 7.71. The summed E-state index contributed by atoms with van der Waals surface area (Å²) in [4.78, 5) is 17.7. The number of H-pyrrole nitrogens is 1. The third-order valence-electron chi connectivity index (χ3n) is 3.99. The minimum absolute atomic E-state index is 0.0377. The van der Waals surface area contributed by atoms with Gasteiger partial charge in [-0.3, -0.25) is 4.79 Å². The first-order valence-electron chi connectivity index (χ1n) is 7.41. The summed E-state index contributed by atoms with van der Waals surface area (Å²) in [7, 11) is 0. The van der Waals surface area contributed by atoms with Crippen LogP contribution in [0.15, 0.2) is 6.20 Å². The molecule has 1 N–H and O–H groups in total. The van der Waals surface area contributed by atoms with Gasteiger partial charge < -0.3 is 14.5 Å². The number of rotatable bonds is 2. The minimum atomic E-state index is -0.235. The van der Waals surface area contributed by atoms with E-state index >= 15 is 0 Å². The van der Waals surface area contributed by atoms with E-state index in [4.69, 9.17) is 12.2 Å². The molecule has 1 aliphatic heterocycles. The van der Waals surface area contributed by atoms with Crippen LogP contribution in [0.25, 0.3) is 0 Å². The fourth-order valence-corrected chi connectivity index (χ4v) is 3.15. The lowest BCUT2D eigenvalue weighted by molar-refractivity contribution is -0.135. The molecule has 0 spiro atoms. The number of nitrogens with one attached hydrogen (secondary N) is 1. The normalized spacial score (nSPS) is 18.1. The van der Waals surface area contributed by atoms with Crippen molar-refractivity contribution in [3.63, 3.8) is 0 Å². The van der Waals surface area contributed by atoms with E-state index in [9.17, 15) is 4.79 Å².